The van der Waals surface area contributed by atoms with Gasteiger partial charge in [-0.2, -0.15) is 0 Å². The summed E-state index contributed by atoms with van der Waals surface area (Å²) in [5, 5.41) is 3.08. The lowest BCUT2D eigenvalue weighted by Gasteiger charge is -2.27. The van der Waals surface area contributed by atoms with Crippen LogP contribution in [0.5, 0.6) is 0 Å². The van der Waals surface area contributed by atoms with Gasteiger partial charge in [-0.15, -0.1) is 0 Å². The molecule has 0 bridgehead atoms. The van der Waals surface area contributed by atoms with Crippen LogP contribution in [0.15, 0.2) is 12.5 Å². The first-order chi connectivity index (χ1) is 11.0. The maximum Gasteiger partial charge on any atom is 0.274 e. The second-order valence-electron chi connectivity index (χ2n) is 8.71. The van der Waals surface area contributed by atoms with Crippen LogP contribution < -0.4 is 5.32 Å². The molecule has 0 spiro atoms. The number of hydrogen-bond acceptors (Lipinski definition) is 3. The van der Waals surface area contributed by atoms with Gasteiger partial charge in [0.25, 0.3) is 5.91 Å². The number of piperidine rings is 1. The maximum atomic E-state index is 12.6. The fraction of sp³-hybridized carbons (Fsp3) is 0.722. The number of fused-ring (bicyclic) bond motifs is 1. The molecule has 3 atom stereocenters. The largest absolute Gasteiger partial charge is 0.351 e. The molecule has 24 heavy (non-hydrogen) atoms. The summed E-state index contributed by atoms with van der Waals surface area (Å²) in [5.74, 6) is 0.605. The number of carbonyl (C=O) groups is 2. The predicted molar refractivity (Wildman–Crippen MR) is 91.5 cm³/mol. The molecule has 2 aliphatic rings. The van der Waals surface area contributed by atoms with Crippen LogP contribution in [0.25, 0.3) is 0 Å². The van der Waals surface area contributed by atoms with Crippen LogP contribution in [0, 0.1) is 17.3 Å². The lowest BCUT2D eigenvalue weighted by molar-refractivity contribution is -0.128. The van der Waals surface area contributed by atoms with Crippen molar-refractivity contribution in [1.29, 1.82) is 0 Å². The summed E-state index contributed by atoms with van der Waals surface area (Å²) in [6, 6.07) is 0.287. The number of aromatic nitrogens is 2. The zero-order valence-electron chi connectivity index (χ0n) is 15.5. The Labute approximate surface area is 143 Å². The maximum absolute atomic E-state index is 12.6. The van der Waals surface area contributed by atoms with Gasteiger partial charge in [0.05, 0.1) is 11.7 Å². The fourth-order valence-corrected chi connectivity index (χ4v) is 3.75. The molecule has 2 heterocycles. The van der Waals surface area contributed by atoms with Crippen LogP contribution in [0.4, 0.5) is 0 Å². The van der Waals surface area contributed by atoms with Crippen molar-refractivity contribution in [2.24, 2.45) is 17.3 Å². The molecule has 6 heteroatoms. The molecule has 1 N–H and O–H groups in total. The summed E-state index contributed by atoms with van der Waals surface area (Å²) in [7, 11) is 0. The van der Waals surface area contributed by atoms with Crippen molar-refractivity contribution in [3.8, 4) is 0 Å². The Morgan fingerprint density at radius 2 is 1.88 bits per heavy atom. The van der Waals surface area contributed by atoms with Crippen LogP contribution in [0.1, 0.15) is 58.1 Å². The van der Waals surface area contributed by atoms with Crippen molar-refractivity contribution in [3.63, 3.8) is 0 Å². The lowest BCUT2D eigenvalue weighted by Crippen LogP contribution is -2.47. The molecule has 0 aromatic carbocycles. The molecule has 1 aliphatic carbocycles. The van der Waals surface area contributed by atoms with Gasteiger partial charge in [-0.3, -0.25) is 9.59 Å². The third-order valence-electron chi connectivity index (χ3n) is 5.43. The number of imidazole rings is 1. The first-order valence-electron chi connectivity index (χ1n) is 8.69. The van der Waals surface area contributed by atoms with Crippen LogP contribution in [0.3, 0.4) is 0 Å². The minimum atomic E-state index is -0.332. The lowest BCUT2D eigenvalue weighted by atomic mass is 9.98. The van der Waals surface area contributed by atoms with E-state index in [-0.39, 0.29) is 40.6 Å². The highest BCUT2D eigenvalue weighted by Crippen LogP contribution is 2.62. The topological polar surface area (TPSA) is 67.2 Å². The first kappa shape index (κ1) is 17.0. The predicted octanol–water partition coefficient (Wildman–Crippen LogP) is 2.09. The smallest absolute Gasteiger partial charge is 0.274 e. The van der Waals surface area contributed by atoms with Gasteiger partial charge in [-0.25, -0.2) is 4.98 Å². The molecule has 1 saturated heterocycles. The fourth-order valence-electron chi connectivity index (χ4n) is 3.75. The molecule has 6 nitrogen and oxygen atoms in total. The summed E-state index contributed by atoms with van der Waals surface area (Å²) in [5.41, 5.74) is -0.0665. The number of amides is 2. The van der Waals surface area contributed by atoms with E-state index in [1.165, 1.54) is 0 Å². The molecule has 3 rings (SSSR count). The minimum Gasteiger partial charge on any atom is -0.351 e. The van der Waals surface area contributed by atoms with E-state index in [4.69, 9.17) is 0 Å². The quantitative estimate of drug-likeness (QED) is 0.921. The molecule has 0 radical (unpaired) electrons. The molecule has 1 aliphatic heterocycles. The Morgan fingerprint density at radius 1 is 1.29 bits per heavy atom. The van der Waals surface area contributed by atoms with Crippen molar-refractivity contribution in [2.45, 2.75) is 53.1 Å². The van der Waals surface area contributed by atoms with E-state index in [0.29, 0.717) is 18.8 Å². The monoisotopic (exact) mass is 332 g/mol. The van der Waals surface area contributed by atoms with Gasteiger partial charge in [0.15, 0.2) is 0 Å². The van der Waals surface area contributed by atoms with Gasteiger partial charge in [0.1, 0.15) is 5.69 Å². The number of carbonyl (C=O) groups excluding carboxylic acids is 2. The molecule has 1 aromatic heterocycles. The zero-order valence-corrected chi connectivity index (χ0v) is 15.5. The summed E-state index contributed by atoms with van der Waals surface area (Å²) >= 11 is 0. The molecular formula is C18H28N4O2. The Balaban J connectivity index is 1.63. The summed E-state index contributed by atoms with van der Waals surface area (Å²) in [4.78, 5) is 31.2. The van der Waals surface area contributed by atoms with E-state index < -0.39 is 0 Å². The average molecular weight is 332 g/mol. The highest BCUT2D eigenvalue weighted by Gasteiger charge is 2.70. The van der Waals surface area contributed by atoms with E-state index in [9.17, 15) is 9.59 Å². The van der Waals surface area contributed by atoms with Gasteiger partial charge < -0.3 is 14.8 Å². The summed E-state index contributed by atoms with van der Waals surface area (Å²) < 4.78 is 1.94. The van der Waals surface area contributed by atoms with Gasteiger partial charge in [0.2, 0.25) is 5.91 Å². The van der Waals surface area contributed by atoms with Crippen molar-refractivity contribution in [3.05, 3.63) is 18.2 Å². The molecule has 2 fully saturated rings. The Kier molecular flexibility index (Phi) is 3.77. The summed E-state index contributed by atoms with van der Waals surface area (Å²) in [6.45, 7) is 13.4. The molecule has 1 saturated carbocycles. The van der Waals surface area contributed by atoms with E-state index in [1.54, 1.807) is 6.33 Å². The van der Waals surface area contributed by atoms with Crippen molar-refractivity contribution >= 4 is 11.8 Å². The van der Waals surface area contributed by atoms with Crippen molar-refractivity contribution in [1.82, 2.24) is 19.8 Å². The molecule has 2 amide bonds. The molecular weight excluding hydrogens is 304 g/mol. The molecule has 132 valence electrons. The second kappa shape index (κ2) is 5.33. The van der Waals surface area contributed by atoms with Gasteiger partial charge in [-0.05, 0) is 46.5 Å². The number of likely N-dealkylation sites (tertiary alicyclic amines) is 1. The van der Waals surface area contributed by atoms with Crippen LogP contribution in [-0.2, 0) is 4.79 Å². The van der Waals surface area contributed by atoms with Crippen LogP contribution >= 0.6 is 0 Å². The first-order valence-corrected chi connectivity index (χ1v) is 8.69. The van der Waals surface area contributed by atoms with Gasteiger partial charge in [-0.1, -0.05) is 6.92 Å². The van der Waals surface area contributed by atoms with Gasteiger partial charge >= 0.3 is 0 Å². The third-order valence-corrected chi connectivity index (χ3v) is 5.43. The Hall–Kier alpha value is -1.85. The standard InChI is InChI=1S/C18H28N4O2/c1-11(2)22-9-14(19-10-22)15(23)21-7-12-13(8-21)18(12,6)16(24)20-17(3,4)5/h9-13H,7-8H2,1-6H3,(H,20,24)/t12-,13+,18-. The van der Waals surface area contributed by atoms with E-state index >= 15 is 0 Å². The zero-order chi connectivity index (χ0) is 17.9. The Bertz CT molecular complexity index is 659. The normalized spacial score (nSPS) is 28.9. The Morgan fingerprint density at radius 3 is 2.33 bits per heavy atom. The highest BCUT2D eigenvalue weighted by molar-refractivity contribution is 5.93. The number of nitrogens with one attached hydrogen (secondary N) is 1. The molecule has 0 unspecified atom stereocenters. The second-order valence-corrected chi connectivity index (χ2v) is 8.71. The highest BCUT2D eigenvalue weighted by atomic mass is 16.2. The van der Waals surface area contributed by atoms with E-state index in [2.05, 4.69) is 24.1 Å². The van der Waals surface area contributed by atoms with Crippen molar-refractivity contribution < 1.29 is 9.59 Å². The average Bonchev–Trinajstić information content (AvgIpc) is 2.95. The number of nitrogens with zero attached hydrogens (tertiary/aromatic N) is 3. The number of rotatable bonds is 3. The molecule has 1 aromatic rings. The van der Waals surface area contributed by atoms with Gasteiger partial charge in [0, 0.05) is 30.9 Å². The van der Waals surface area contributed by atoms with Crippen LogP contribution in [-0.4, -0.2) is 44.9 Å². The van der Waals surface area contributed by atoms with E-state index in [1.807, 2.05) is 43.4 Å². The minimum absolute atomic E-state index is 0.0276. The third kappa shape index (κ3) is 2.72. The SMILES string of the molecule is CC(C)n1cnc(C(=O)N2C[C@@H]3[C@H](C2)[C@]3(C)C(=O)NC(C)(C)C)c1. The summed E-state index contributed by atoms with van der Waals surface area (Å²) in [6.07, 6.45) is 3.51. The van der Waals surface area contributed by atoms with E-state index in [0.717, 1.165) is 0 Å². The van der Waals surface area contributed by atoms with Crippen LogP contribution in [0.2, 0.25) is 0 Å². The van der Waals surface area contributed by atoms with Crippen molar-refractivity contribution in [2.75, 3.05) is 13.1 Å². The number of hydrogen-bond donors (Lipinski definition) is 1.